The first-order valence-corrected chi connectivity index (χ1v) is 5.28. The van der Waals surface area contributed by atoms with E-state index in [1.165, 1.54) is 17.9 Å². The molecule has 0 fully saturated rings. The average molecular weight is 245 g/mol. The van der Waals surface area contributed by atoms with Gasteiger partial charge in [-0.1, -0.05) is 6.07 Å². The van der Waals surface area contributed by atoms with Crippen molar-refractivity contribution in [1.29, 1.82) is 0 Å². The Hall–Kier alpha value is -2.57. The van der Waals surface area contributed by atoms with Gasteiger partial charge in [0.2, 0.25) is 5.91 Å². The zero-order valence-electron chi connectivity index (χ0n) is 9.70. The molecule has 0 aliphatic rings. The average Bonchev–Trinajstić information content (AvgIpc) is 2.81. The number of rotatable bonds is 4. The Morgan fingerprint density at radius 1 is 1.39 bits per heavy atom. The molecule has 0 saturated heterocycles. The van der Waals surface area contributed by atoms with Crippen LogP contribution in [0.25, 0.3) is 5.69 Å². The van der Waals surface area contributed by atoms with E-state index in [4.69, 9.17) is 0 Å². The lowest BCUT2D eigenvalue weighted by molar-refractivity contribution is -0.124. The lowest BCUT2D eigenvalue weighted by Gasteiger charge is -2.05. The largest absolute Gasteiger partial charge is 0.326 e. The van der Waals surface area contributed by atoms with E-state index in [2.05, 4.69) is 20.8 Å². The van der Waals surface area contributed by atoms with Crippen molar-refractivity contribution in [2.24, 2.45) is 0 Å². The fourth-order valence-corrected chi connectivity index (χ4v) is 1.44. The number of benzene rings is 1. The van der Waals surface area contributed by atoms with Gasteiger partial charge in [-0.2, -0.15) is 0 Å². The Balaban J connectivity index is 2.13. The fraction of sp³-hybridized carbons (Fsp3) is 0.182. The molecule has 0 spiro atoms. The number of Topliss-reactive ketones (excluding diaryl/α,β-unsaturated/α-hetero) is 1. The molecular weight excluding hydrogens is 234 g/mol. The lowest BCUT2D eigenvalue weighted by atomic mass is 10.2. The summed E-state index contributed by atoms with van der Waals surface area (Å²) in [5.41, 5.74) is 1.31. The summed E-state index contributed by atoms with van der Waals surface area (Å²) in [4.78, 5) is 22.2. The first kappa shape index (κ1) is 11.9. The molecule has 0 atom stereocenters. The Labute approximate surface area is 103 Å². The summed E-state index contributed by atoms with van der Waals surface area (Å²) in [6.07, 6.45) is 1.33. The summed E-state index contributed by atoms with van der Waals surface area (Å²) in [5, 5.41) is 13.4. The Morgan fingerprint density at radius 3 is 2.89 bits per heavy atom. The molecule has 7 heteroatoms. The van der Waals surface area contributed by atoms with Crippen molar-refractivity contribution >= 4 is 17.4 Å². The summed E-state index contributed by atoms with van der Waals surface area (Å²) in [5.74, 6) is -0.513. The third kappa shape index (κ3) is 2.97. The van der Waals surface area contributed by atoms with Gasteiger partial charge in [0.05, 0.1) is 12.1 Å². The minimum absolute atomic E-state index is 0.130. The van der Waals surface area contributed by atoms with Crippen molar-refractivity contribution in [2.75, 3.05) is 5.32 Å². The van der Waals surface area contributed by atoms with Gasteiger partial charge < -0.3 is 5.32 Å². The van der Waals surface area contributed by atoms with Crippen LogP contribution in [0.3, 0.4) is 0 Å². The number of carbonyl (C=O) groups excluding carboxylic acids is 2. The van der Waals surface area contributed by atoms with Crippen LogP contribution in [-0.2, 0) is 9.59 Å². The number of nitrogens with one attached hydrogen (secondary N) is 1. The van der Waals surface area contributed by atoms with Crippen molar-refractivity contribution in [2.45, 2.75) is 13.3 Å². The van der Waals surface area contributed by atoms with Gasteiger partial charge in [-0.15, -0.1) is 5.10 Å². The maximum absolute atomic E-state index is 11.4. The summed E-state index contributed by atoms with van der Waals surface area (Å²) in [6.45, 7) is 1.37. The van der Waals surface area contributed by atoms with Gasteiger partial charge in [-0.25, -0.2) is 4.68 Å². The van der Waals surface area contributed by atoms with Gasteiger partial charge in [0.15, 0.2) is 0 Å². The van der Waals surface area contributed by atoms with Crippen LogP contribution in [0.1, 0.15) is 13.3 Å². The Bertz CT molecular complexity index is 565. The van der Waals surface area contributed by atoms with Gasteiger partial charge in [0, 0.05) is 5.69 Å². The molecule has 18 heavy (non-hydrogen) atoms. The smallest absolute Gasteiger partial charge is 0.231 e. The second-order valence-corrected chi connectivity index (χ2v) is 3.73. The monoisotopic (exact) mass is 245 g/mol. The third-order valence-electron chi connectivity index (χ3n) is 2.15. The number of anilines is 1. The molecule has 1 heterocycles. The Kier molecular flexibility index (Phi) is 3.42. The third-order valence-corrected chi connectivity index (χ3v) is 2.15. The normalized spacial score (nSPS) is 10.1. The number of nitrogens with zero attached hydrogens (tertiary/aromatic N) is 4. The van der Waals surface area contributed by atoms with Gasteiger partial charge in [0.25, 0.3) is 0 Å². The standard InChI is InChI=1S/C11H11N5O2/c1-8(17)5-11(18)13-9-3-2-4-10(6-9)16-7-12-14-15-16/h2-4,6-7H,5H2,1H3,(H,13,18). The second kappa shape index (κ2) is 5.17. The molecule has 1 aromatic heterocycles. The number of carbonyl (C=O) groups is 2. The molecule has 7 nitrogen and oxygen atoms in total. The highest BCUT2D eigenvalue weighted by atomic mass is 16.2. The number of hydrogen-bond donors (Lipinski definition) is 1. The molecule has 92 valence electrons. The van der Waals surface area contributed by atoms with Gasteiger partial charge in [0.1, 0.15) is 12.1 Å². The van der Waals surface area contributed by atoms with E-state index in [1.54, 1.807) is 24.3 Å². The summed E-state index contributed by atoms with van der Waals surface area (Å²) < 4.78 is 1.47. The number of tetrazole rings is 1. The van der Waals surface area contributed by atoms with Crippen LogP contribution in [0, 0.1) is 0 Å². The molecule has 0 aliphatic carbocycles. The lowest BCUT2D eigenvalue weighted by Crippen LogP contribution is -2.14. The van der Waals surface area contributed by atoms with Crippen LogP contribution in [-0.4, -0.2) is 31.9 Å². The Morgan fingerprint density at radius 2 is 2.22 bits per heavy atom. The van der Waals surface area contributed by atoms with Crippen LogP contribution in [0.2, 0.25) is 0 Å². The molecule has 0 aliphatic heterocycles. The maximum atomic E-state index is 11.4. The molecule has 1 N–H and O–H groups in total. The number of aromatic nitrogens is 4. The van der Waals surface area contributed by atoms with E-state index in [9.17, 15) is 9.59 Å². The quantitative estimate of drug-likeness (QED) is 0.796. The van der Waals surface area contributed by atoms with Crippen LogP contribution in [0.15, 0.2) is 30.6 Å². The highest BCUT2D eigenvalue weighted by Gasteiger charge is 2.06. The highest BCUT2D eigenvalue weighted by Crippen LogP contribution is 2.13. The summed E-state index contributed by atoms with van der Waals surface area (Å²) in [6, 6.07) is 7.01. The topological polar surface area (TPSA) is 89.8 Å². The second-order valence-electron chi connectivity index (χ2n) is 3.73. The van der Waals surface area contributed by atoms with Gasteiger partial charge in [-0.3, -0.25) is 9.59 Å². The molecule has 1 aromatic carbocycles. The fourth-order valence-electron chi connectivity index (χ4n) is 1.44. The minimum Gasteiger partial charge on any atom is -0.326 e. The van der Waals surface area contributed by atoms with Crippen LogP contribution >= 0.6 is 0 Å². The van der Waals surface area contributed by atoms with E-state index in [-0.39, 0.29) is 18.1 Å². The molecule has 2 aromatic rings. The highest BCUT2D eigenvalue weighted by molar-refractivity contribution is 6.03. The first-order valence-electron chi connectivity index (χ1n) is 5.28. The van der Waals surface area contributed by atoms with Gasteiger partial charge in [-0.05, 0) is 35.5 Å². The predicted octanol–water partition coefficient (Wildman–Crippen LogP) is 0.580. The molecule has 0 unspecified atom stereocenters. The van der Waals surface area contributed by atoms with E-state index in [1.807, 2.05) is 0 Å². The molecule has 1 amide bonds. The van der Waals surface area contributed by atoms with E-state index < -0.39 is 0 Å². The van der Waals surface area contributed by atoms with Crippen LogP contribution in [0.4, 0.5) is 5.69 Å². The van der Waals surface area contributed by atoms with Crippen LogP contribution in [0.5, 0.6) is 0 Å². The minimum atomic E-state index is -0.337. The molecule has 0 saturated carbocycles. The first-order chi connectivity index (χ1) is 8.65. The molecule has 2 rings (SSSR count). The summed E-state index contributed by atoms with van der Waals surface area (Å²) in [7, 11) is 0. The van der Waals surface area contributed by atoms with E-state index in [0.29, 0.717) is 5.69 Å². The van der Waals surface area contributed by atoms with Crippen molar-refractivity contribution < 1.29 is 9.59 Å². The molecular formula is C11H11N5O2. The van der Waals surface area contributed by atoms with Crippen molar-refractivity contribution in [1.82, 2.24) is 20.2 Å². The number of hydrogen-bond acceptors (Lipinski definition) is 5. The molecule has 0 radical (unpaired) electrons. The maximum Gasteiger partial charge on any atom is 0.231 e. The molecule has 0 bridgehead atoms. The number of amides is 1. The van der Waals surface area contributed by atoms with Crippen LogP contribution < -0.4 is 5.32 Å². The van der Waals surface area contributed by atoms with Crippen molar-refractivity contribution in [3.63, 3.8) is 0 Å². The van der Waals surface area contributed by atoms with Crippen molar-refractivity contribution in [3.05, 3.63) is 30.6 Å². The van der Waals surface area contributed by atoms with Gasteiger partial charge >= 0.3 is 0 Å². The zero-order valence-corrected chi connectivity index (χ0v) is 9.70. The zero-order chi connectivity index (χ0) is 13.0. The van der Waals surface area contributed by atoms with E-state index in [0.717, 1.165) is 5.69 Å². The predicted molar refractivity (Wildman–Crippen MR) is 63.1 cm³/mol. The summed E-state index contributed by atoms with van der Waals surface area (Å²) >= 11 is 0. The number of ketones is 1. The van der Waals surface area contributed by atoms with E-state index >= 15 is 0 Å². The SMILES string of the molecule is CC(=O)CC(=O)Nc1cccc(-n2cnnn2)c1. The van der Waals surface area contributed by atoms with Crippen molar-refractivity contribution in [3.8, 4) is 5.69 Å².